The third-order valence-corrected chi connectivity index (χ3v) is 2.88. The zero-order valence-electron chi connectivity index (χ0n) is 9.91. The fraction of sp³-hybridized carbons (Fsp3) is 0.800. The molecule has 1 aliphatic heterocycles. The maximum absolute atomic E-state index is 12.1. The molecule has 1 saturated heterocycles. The lowest BCUT2D eigenvalue weighted by atomic mass is 10.0. The number of nitrogens with zero attached hydrogens (tertiary/aromatic N) is 4. The first-order valence-electron chi connectivity index (χ1n) is 5.56. The van der Waals surface area contributed by atoms with E-state index < -0.39 is 18.1 Å². The fourth-order valence-corrected chi connectivity index (χ4v) is 1.98. The van der Waals surface area contributed by atoms with Crippen LogP contribution in [0.2, 0.25) is 0 Å². The molecule has 0 aromatic rings. The lowest BCUT2D eigenvalue weighted by molar-refractivity contribution is -0.149. The Morgan fingerprint density at radius 1 is 1.53 bits per heavy atom. The average molecular weight is 240 g/mol. The van der Waals surface area contributed by atoms with Crippen molar-refractivity contribution >= 4 is 11.9 Å². The number of rotatable bonds is 4. The Labute approximate surface area is 99.0 Å². The highest BCUT2D eigenvalue weighted by Crippen LogP contribution is 2.21. The predicted octanol–water partition coefficient (Wildman–Crippen LogP) is 1.40. The van der Waals surface area contributed by atoms with Gasteiger partial charge < -0.3 is 10.0 Å². The van der Waals surface area contributed by atoms with Crippen molar-refractivity contribution in [3.63, 3.8) is 0 Å². The van der Waals surface area contributed by atoms with Gasteiger partial charge >= 0.3 is 5.97 Å². The van der Waals surface area contributed by atoms with Crippen molar-refractivity contribution < 1.29 is 14.7 Å². The van der Waals surface area contributed by atoms with Gasteiger partial charge in [-0.25, -0.2) is 4.79 Å². The molecule has 0 saturated carbocycles. The Morgan fingerprint density at radius 3 is 2.65 bits per heavy atom. The summed E-state index contributed by atoms with van der Waals surface area (Å²) in [6.45, 7) is 3.95. The maximum Gasteiger partial charge on any atom is 0.326 e. The number of carboxylic acid groups (broad SMARTS) is 1. The molecule has 0 aliphatic carbocycles. The van der Waals surface area contributed by atoms with Crippen LogP contribution in [0.15, 0.2) is 5.11 Å². The SMILES string of the molecule is CC(C)[C@@H](N=[N+]=[N-])C(=O)N1CCC[C@@H]1C(=O)O. The summed E-state index contributed by atoms with van der Waals surface area (Å²) in [6, 6.07) is -1.60. The number of aliphatic carboxylic acids is 1. The lowest BCUT2D eigenvalue weighted by Crippen LogP contribution is -2.46. The Balaban J connectivity index is 2.87. The van der Waals surface area contributed by atoms with Gasteiger partial charge in [0.25, 0.3) is 0 Å². The van der Waals surface area contributed by atoms with Crippen LogP contribution in [-0.2, 0) is 9.59 Å². The molecule has 17 heavy (non-hydrogen) atoms. The Hall–Kier alpha value is -1.75. The molecule has 1 aliphatic rings. The van der Waals surface area contributed by atoms with Crippen molar-refractivity contribution in [3.05, 3.63) is 10.4 Å². The summed E-state index contributed by atoms with van der Waals surface area (Å²) < 4.78 is 0. The summed E-state index contributed by atoms with van der Waals surface area (Å²) in [5, 5.41) is 12.4. The molecule has 94 valence electrons. The number of carbonyl (C=O) groups excluding carboxylic acids is 1. The fourth-order valence-electron chi connectivity index (χ4n) is 1.98. The predicted molar refractivity (Wildman–Crippen MR) is 60.1 cm³/mol. The number of hydrogen-bond acceptors (Lipinski definition) is 3. The number of carboxylic acids is 1. The number of hydrogen-bond donors (Lipinski definition) is 1. The minimum Gasteiger partial charge on any atom is -0.480 e. The molecular weight excluding hydrogens is 224 g/mol. The van der Waals surface area contributed by atoms with E-state index in [1.807, 2.05) is 0 Å². The summed E-state index contributed by atoms with van der Waals surface area (Å²) in [5.41, 5.74) is 8.42. The molecule has 1 fully saturated rings. The number of azide groups is 1. The van der Waals surface area contributed by atoms with Crippen molar-refractivity contribution in [3.8, 4) is 0 Å². The molecule has 0 unspecified atom stereocenters. The van der Waals surface area contributed by atoms with Crippen LogP contribution in [0.1, 0.15) is 26.7 Å². The van der Waals surface area contributed by atoms with Crippen LogP contribution in [0.5, 0.6) is 0 Å². The van der Waals surface area contributed by atoms with E-state index in [2.05, 4.69) is 10.0 Å². The van der Waals surface area contributed by atoms with Crippen LogP contribution in [-0.4, -0.2) is 40.5 Å². The van der Waals surface area contributed by atoms with Gasteiger partial charge in [0.2, 0.25) is 5.91 Å². The highest BCUT2D eigenvalue weighted by Gasteiger charge is 2.37. The monoisotopic (exact) mass is 240 g/mol. The van der Waals surface area contributed by atoms with Gasteiger partial charge in [-0.05, 0) is 24.3 Å². The second kappa shape index (κ2) is 5.54. The number of likely N-dealkylation sites (tertiary alicyclic amines) is 1. The molecule has 0 radical (unpaired) electrons. The van der Waals surface area contributed by atoms with E-state index >= 15 is 0 Å². The molecule has 0 bridgehead atoms. The van der Waals surface area contributed by atoms with Crippen molar-refractivity contribution in [2.45, 2.75) is 38.8 Å². The van der Waals surface area contributed by atoms with E-state index in [0.717, 1.165) is 0 Å². The summed E-state index contributed by atoms with van der Waals surface area (Å²) in [5.74, 6) is -1.53. The van der Waals surface area contributed by atoms with E-state index in [1.54, 1.807) is 13.8 Å². The third kappa shape index (κ3) is 2.88. The largest absolute Gasteiger partial charge is 0.480 e. The smallest absolute Gasteiger partial charge is 0.326 e. The maximum atomic E-state index is 12.1. The summed E-state index contributed by atoms with van der Waals surface area (Å²) in [7, 11) is 0. The first-order valence-corrected chi connectivity index (χ1v) is 5.56. The van der Waals surface area contributed by atoms with Gasteiger partial charge in [-0.3, -0.25) is 4.79 Å². The Kier molecular flexibility index (Phi) is 4.34. The minimum atomic E-state index is -1.00. The van der Waals surface area contributed by atoms with Crippen molar-refractivity contribution in [1.82, 2.24) is 4.90 Å². The number of amides is 1. The standard InChI is InChI=1S/C10H16N4O3/c1-6(2)8(12-13-11)9(15)14-5-3-4-7(14)10(16)17/h6-8H,3-5H2,1-2H3,(H,16,17)/t7-,8-/m1/s1. The summed E-state index contributed by atoms with van der Waals surface area (Å²) in [6.07, 6.45) is 1.13. The zero-order valence-corrected chi connectivity index (χ0v) is 9.91. The minimum absolute atomic E-state index is 0.145. The second-order valence-electron chi connectivity index (χ2n) is 4.42. The first-order chi connectivity index (χ1) is 7.99. The molecule has 7 nitrogen and oxygen atoms in total. The average Bonchev–Trinajstić information content (AvgIpc) is 2.73. The topological polar surface area (TPSA) is 106 Å². The van der Waals surface area contributed by atoms with Crippen LogP contribution < -0.4 is 0 Å². The third-order valence-electron chi connectivity index (χ3n) is 2.88. The second-order valence-corrected chi connectivity index (χ2v) is 4.42. The normalized spacial score (nSPS) is 21.1. The van der Waals surface area contributed by atoms with Crippen LogP contribution in [0.4, 0.5) is 0 Å². The molecule has 1 heterocycles. The highest BCUT2D eigenvalue weighted by molar-refractivity contribution is 5.87. The van der Waals surface area contributed by atoms with Crippen molar-refractivity contribution in [1.29, 1.82) is 0 Å². The van der Waals surface area contributed by atoms with Crippen molar-refractivity contribution in [2.75, 3.05) is 6.54 Å². The molecule has 2 atom stereocenters. The molecule has 1 amide bonds. The molecule has 7 heteroatoms. The Bertz CT molecular complexity index is 363. The van der Waals surface area contributed by atoms with Crippen LogP contribution >= 0.6 is 0 Å². The molecule has 1 N–H and O–H groups in total. The quantitative estimate of drug-likeness (QED) is 0.456. The van der Waals surface area contributed by atoms with Crippen LogP contribution in [0.3, 0.4) is 0 Å². The summed E-state index contributed by atoms with van der Waals surface area (Å²) >= 11 is 0. The Morgan fingerprint density at radius 2 is 2.18 bits per heavy atom. The van der Waals surface area contributed by atoms with E-state index in [-0.39, 0.29) is 11.8 Å². The summed E-state index contributed by atoms with van der Waals surface area (Å²) in [4.78, 5) is 27.0. The molecule has 0 aromatic carbocycles. The van der Waals surface area contributed by atoms with Gasteiger partial charge in [-0.15, -0.1) is 0 Å². The van der Waals surface area contributed by atoms with Crippen molar-refractivity contribution in [2.24, 2.45) is 11.0 Å². The first kappa shape index (κ1) is 13.3. The van der Waals surface area contributed by atoms with Gasteiger partial charge in [0, 0.05) is 11.5 Å². The van der Waals surface area contributed by atoms with E-state index in [1.165, 1.54) is 4.90 Å². The lowest BCUT2D eigenvalue weighted by Gasteiger charge is -2.26. The van der Waals surface area contributed by atoms with Crippen LogP contribution in [0.25, 0.3) is 10.4 Å². The number of carbonyl (C=O) groups is 2. The van der Waals surface area contributed by atoms with Gasteiger partial charge in [0.15, 0.2) is 0 Å². The van der Waals surface area contributed by atoms with Gasteiger partial charge in [-0.2, -0.15) is 0 Å². The molecular formula is C10H16N4O3. The van der Waals surface area contributed by atoms with E-state index in [0.29, 0.717) is 19.4 Å². The van der Waals surface area contributed by atoms with Gasteiger partial charge in [0.05, 0.1) is 0 Å². The molecule has 0 spiro atoms. The van der Waals surface area contributed by atoms with E-state index in [4.69, 9.17) is 10.6 Å². The van der Waals surface area contributed by atoms with Gasteiger partial charge in [0.1, 0.15) is 12.1 Å². The van der Waals surface area contributed by atoms with E-state index in [9.17, 15) is 9.59 Å². The molecule has 1 rings (SSSR count). The zero-order chi connectivity index (χ0) is 13.0. The molecule has 0 aromatic heterocycles. The highest BCUT2D eigenvalue weighted by atomic mass is 16.4. The van der Waals surface area contributed by atoms with Crippen LogP contribution in [0, 0.1) is 5.92 Å². The van der Waals surface area contributed by atoms with Gasteiger partial charge in [-0.1, -0.05) is 19.0 Å².